The maximum absolute atomic E-state index is 9.64. The number of phenolic OH excluding ortho intramolecular Hbond substituents is 1. The second-order valence-corrected chi connectivity index (χ2v) is 4.80. The number of rotatable bonds is 4. The summed E-state index contributed by atoms with van der Waals surface area (Å²) in [7, 11) is 1.91. The molecule has 0 saturated carbocycles. The van der Waals surface area contributed by atoms with Crippen molar-refractivity contribution in [2.24, 2.45) is 0 Å². The Labute approximate surface area is 123 Å². The highest BCUT2D eigenvalue weighted by Gasteiger charge is 2.06. The van der Waals surface area contributed by atoms with Crippen molar-refractivity contribution in [2.75, 3.05) is 7.05 Å². The number of aromatic nitrogens is 1. The molecule has 3 aromatic rings. The van der Waals surface area contributed by atoms with E-state index < -0.39 is 0 Å². The molecule has 0 fully saturated rings. The molecule has 1 heterocycles. The Balaban J connectivity index is 1.98. The van der Waals surface area contributed by atoms with Crippen LogP contribution < -0.4 is 10.1 Å². The lowest BCUT2D eigenvalue weighted by molar-refractivity contribution is 0.464. The highest BCUT2D eigenvalue weighted by molar-refractivity contribution is 5.88. The molecule has 0 aliphatic heterocycles. The van der Waals surface area contributed by atoms with Crippen molar-refractivity contribution < 1.29 is 9.84 Å². The van der Waals surface area contributed by atoms with Crippen LogP contribution in [-0.4, -0.2) is 17.1 Å². The molecule has 0 unspecified atom stereocenters. The van der Waals surface area contributed by atoms with Crippen molar-refractivity contribution in [1.82, 2.24) is 10.3 Å². The Morgan fingerprint density at radius 3 is 2.90 bits per heavy atom. The molecule has 0 saturated heterocycles. The Hall–Kier alpha value is -2.59. The maximum Gasteiger partial charge on any atom is 0.227 e. The number of hydrogen-bond donors (Lipinski definition) is 2. The van der Waals surface area contributed by atoms with Crippen molar-refractivity contribution in [3.8, 4) is 17.4 Å². The lowest BCUT2D eigenvalue weighted by Gasteiger charge is -2.09. The van der Waals surface area contributed by atoms with E-state index in [4.69, 9.17) is 4.74 Å². The summed E-state index contributed by atoms with van der Waals surface area (Å²) >= 11 is 0. The standard InChI is InChI=1S/C17H16N2O2/c1-18-11-12-3-2-4-15(9-12)21-17-16-10-14(20)6-5-13(16)7-8-19-17/h2-10,18,20H,11H2,1H3. The molecule has 4 heteroatoms. The number of aromatic hydroxyl groups is 1. The van der Waals surface area contributed by atoms with Gasteiger partial charge in [0.25, 0.3) is 0 Å². The predicted octanol–water partition coefficient (Wildman–Crippen LogP) is 3.45. The molecule has 1 aromatic heterocycles. The lowest BCUT2D eigenvalue weighted by Crippen LogP contribution is -2.04. The van der Waals surface area contributed by atoms with Crippen molar-refractivity contribution in [1.29, 1.82) is 0 Å². The molecule has 0 bridgehead atoms. The first-order valence-corrected chi connectivity index (χ1v) is 6.75. The third kappa shape index (κ3) is 2.95. The third-order valence-electron chi connectivity index (χ3n) is 3.21. The van der Waals surface area contributed by atoms with Gasteiger partial charge in [0, 0.05) is 18.1 Å². The number of ether oxygens (including phenoxy) is 1. The molecule has 0 amide bonds. The number of nitrogens with one attached hydrogen (secondary N) is 1. The fourth-order valence-corrected chi connectivity index (χ4v) is 2.25. The topological polar surface area (TPSA) is 54.4 Å². The van der Waals surface area contributed by atoms with Crippen LogP contribution in [0.3, 0.4) is 0 Å². The number of fused-ring (bicyclic) bond motifs is 1. The minimum Gasteiger partial charge on any atom is -0.508 e. The van der Waals surface area contributed by atoms with Crippen LogP contribution in [0.15, 0.2) is 54.7 Å². The first-order valence-electron chi connectivity index (χ1n) is 6.75. The van der Waals surface area contributed by atoms with Crippen LogP contribution in [0.1, 0.15) is 5.56 Å². The quantitative estimate of drug-likeness (QED) is 0.768. The van der Waals surface area contributed by atoms with E-state index in [1.165, 1.54) is 0 Å². The fraction of sp³-hybridized carbons (Fsp3) is 0.118. The van der Waals surface area contributed by atoms with Gasteiger partial charge in [0.05, 0.1) is 0 Å². The van der Waals surface area contributed by atoms with Gasteiger partial charge in [0.2, 0.25) is 5.88 Å². The molecule has 0 radical (unpaired) electrons. The molecule has 2 N–H and O–H groups in total. The number of phenols is 1. The van der Waals surface area contributed by atoms with Crippen LogP contribution in [0.25, 0.3) is 10.8 Å². The van der Waals surface area contributed by atoms with Gasteiger partial charge in [-0.1, -0.05) is 18.2 Å². The minimum absolute atomic E-state index is 0.198. The summed E-state index contributed by atoms with van der Waals surface area (Å²) in [5, 5.41) is 14.5. The molecule has 106 valence electrons. The second-order valence-electron chi connectivity index (χ2n) is 4.80. The molecule has 0 aliphatic rings. The van der Waals surface area contributed by atoms with E-state index in [1.54, 1.807) is 18.3 Å². The van der Waals surface area contributed by atoms with Gasteiger partial charge in [-0.2, -0.15) is 0 Å². The lowest BCUT2D eigenvalue weighted by atomic mass is 10.1. The Morgan fingerprint density at radius 1 is 1.14 bits per heavy atom. The number of nitrogens with zero attached hydrogens (tertiary/aromatic N) is 1. The molecule has 0 atom stereocenters. The first-order chi connectivity index (χ1) is 10.3. The normalized spacial score (nSPS) is 10.7. The van der Waals surface area contributed by atoms with E-state index in [9.17, 15) is 5.11 Å². The smallest absolute Gasteiger partial charge is 0.227 e. The average molecular weight is 280 g/mol. The molecule has 3 rings (SSSR count). The summed E-state index contributed by atoms with van der Waals surface area (Å²) in [5.41, 5.74) is 1.14. The van der Waals surface area contributed by atoms with Gasteiger partial charge in [-0.15, -0.1) is 0 Å². The van der Waals surface area contributed by atoms with Crippen molar-refractivity contribution >= 4 is 10.8 Å². The fourth-order valence-electron chi connectivity index (χ4n) is 2.25. The molecular weight excluding hydrogens is 264 g/mol. The number of benzene rings is 2. The molecule has 4 nitrogen and oxygen atoms in total. The molecule has 0 aliphatic carbocycles. The van der Waals surface area contributed by atoms with Gasteiger partial charge in [-0.25, -0.2) is 4.98 Å². The van der Waals surface area contributed by atoms with Crippen molar-refractivity contribution in [2.45, 2.75) is 6.54 Å². The van der Waals surface area contributed by atoms with Gasteiger partial charge < -0.3 is 15.2 Å². The Morgan fingerprint density at radius 2 is 2.05 bits per heavy atom. The summed E-state index contributed by atoms with van der Waals surface area (Å²) in [6, 6.07) is 14.9. The van der Waals surface area contributed by atoms with Crippen LogP contribution in [0.4, 0.5) is 0 Å². The van der Waals surface area contributed by atoms with Gasteiger partial charge >= 0.3 is 0 Å². The third-order valence-corrected chi connectivity index (χ3v) is 3.21. The van der Waals surface area contributed by atoms with Gasteiger partial charge in [-0.3, -0.25) is 0 Å². The van der Waals surface area contributed by atoms with Crippen LogP contribution in [0.5, 0.6) is 17.4 Å². The highest BCUT2D eigenvalue weighted by atomic mass is 16.5. The minimum atomic E-state index is 0.198. The van der Waals surface area contributed by atoms with Crippen LogP contribution in [-0.2, 0) is 6.54 Å². The largest absolute Gasteiger partial charge is 0.508 e. The van der Waals surface area contributed by atoms with Crippen LogP contribution in [0, 0.1) is 0 Å². The van der Waals surface area contributed by atoms with Crippen LogP contribution in [0.2, 0.25) is 0 Å². The summed E-state index contributed by atoms with van der Waals surface area (Å²) in [5.74, 6) is 1.42. The maximum atomic E-state index is 9.64. The van der Waals surface area contributed by atoms with Crippen molar-refractivity contribution in [3.05, 3.63) is 60.3 Å². The SMILES string of the molecule is CNCc1cccc(Oc2nccc3ccc(O)cc23)c1. The van der Waals surface area contributed by atoms with E-state index in [0.29, 0.717) is 5.88 Å². The predicted molar refractivity (Wildman–Crippen MR) is 82.7 cm³/mol. The van der Waals surface area contributed by atoms with Gasteiger partial charge in [0.15, 0.2) is 0 Å². The van der Waals surface area contributed by atoms with Crippen LogP contribution >= 0.6 is 0 Å². The first kappa shape index (κ1) is 13.4. The van der Waals surface area contributed by atoms with Gasteiger partial charge in [0.1, 0.15) is 11.5 Å². The molecular formula is C17H16N2O2. The number of pyridine rings is 1. The van der Waals surface area contributed by atoms with E-state index in [0.717, 1.165) is 28.6 Å². The molecule has 2 aromatic carbocycles. The van der Waals surface area contributed by atoms with Gasteiger partial charge in [-0.05, 0) is 48.3 Å². The van der Waals surface area contributed by atoms with E-state index >= 15 is 0 Å². The Kier molecular flexibility index (Phi) is 3.71. The van der Waals surface area contributed by atoms with E-state index in [1.807, 2.05) is 43.4 Å². The zero-order chi connectivity index (χ0) is 14.7. The van der Waals surface area contributed by atoms with Crippen molar-refractivity contribution in [3.63, 3.8) is 0 Å². The summed E-state index contributed by atoms with van der Waals surface area (Å²) in [6.45, 7) is 0.779. The average Bonchev–Trinajstić information content (AvgIpc) is 2.49. The zero-order valence-corrected chi connectivity index (χ0v) is 11.7. The molecule has 0 spiro atoms. The molecule has 21 heavy (non-hydrogen) atoms. The summed E-state index contributed by atoms with van der Waals surface area (Å²) in [6.07, 6.45) is 1.70. The summed E-state index contributed by atoms with van der Waals surface area (Å²) < 4.78 is 5.88. The number of hydrogen-bond acceptors (Lipinski definition) is 4. The summed E-state index contributed by atoms with van der Waals surface area (Å²) in [4.78, 5) is 4.27. The Bertz CT molecular complexity index is 772. The van der Waals surface area contributed by atoms with E-state index in [-0.39, 0.29) is 5.75 Å². The highest BCUT2D eigenvalue weighted by Crippen LogP contribution is 2.30. The zero-order valence-electron chi connectivity index (χ0n) is 11.7. The monoisotopic (exact) mass is 280 g/mol. The second kappa shape index (κ2) is 5.81. The van der Waals surface area contributed by atoms with E-state index in [2.05, 4.69) is 10.3 Å².